The van der Waals surface area contributed by atoms with Gasteiger partial charge in [0.05, 0.1) is 24.9 Å². The molecule has 2 aliphatic heterocycles. The molecule has 0 spiro atoms. The van der Waals surface area contributed by atoms with Crippen molar-refractivity contribution >= 4 is 5.91 Å². The van der Waals surface area contributed by atoms with Gasteiger partial charge in [-0.2, -0.15) is 0 Å². The summed E-state index contributed by atoms with van der Waals surface area (Å²) in [4.78, 5) is 12.1. The number of nitrogens with two attached hydrogens (primary N) is 1. The first kappa shape index (κ1) is 29.8. The van der Waals surface area contributed by atoms with E-state index in [9.17, 15) is 30.3 Å². The molecule has 0 aliphatic carbocycles. The molecule has 0 aromatic rings. The molecule has 10 nitrogen and oxygen atoms in total. The number of aliphatic hydroxyl groups is 5. The fourth-order valence-corrected chi connectivity index (χ4v) is 3.45. The number of carbonyl (C=O) groups is 1. The van der Waals surface area contributed by atoms with Gasteiger partial charge in [-0.15, -0.1) is 0 Å². The summed E-state index contributed by atoms with van der Waals surface area (Å²) in [5.74, 6) is -0.809. The van der Waals surface area contributed by atoms with E-state index in [1.165, 1.54) is 37.3 Å². The summed E-state index contributed by atoms with van der Waals surface area (Å²) in [7, 11) is 0. The van der Waals surface area contributed by atoms with Crippen LogP contribution in [0.4, 0.5) is 0 Å². The van der Waals surface area contributed by atoms with E-state index in [4.69, 9.17) is 15.2 Å². The van der Waals surface area contributed by atoms with Crippen molar-refractivity contribution in [1.29, 1.82) is 0 Å². The van der Waals surface area contributed by atoms with Crippen molar-refractivity contribution in [2.75, 3.05) is 13.2 Å². The van der Waals surface area contributed by atoms with Crippen molar-refractivity contribution in [3.8, 4) is 0 Å². The lowest BCUT2D eigenvalue weighted by Crippen LogP contribution is -2.59. The maximum atomic E-state index is 12.1. The maximum absolute atomic E-state index is 12.1. The highest BCUT2D eigenvalue weighted by Crippen LogP contribution is 2.23. The summed E-state index contributed by atoms with van der Waals surface area (Å²) < 4.78 is 11.3. The van der Waals surface area contributed by atoms with Crippen LogP contribution in [0.25, 0.3) is 0 Å². The van der Waals surface area contributed by atoms with E-state index in [2.05, 4.69) is 5.32 Å². The largest absolute Gasteiger partial charge is 0.390 e. The monoisotopic (exact) mass is 506 g/mol. The van der Waals surface area contributed by atoms with Crippen LogP contribution in [0.2, 0.25) is 0 Å². The van der Waals surface area contributed by atoms with Crippen LogP contribution in [-0.4, -0.2) is 93.0 Å². The molecular formula is C26H38N2O8. The van der Waals surface area contributed by atoms with Gasteiger partial charge in [-0.25, -0.2) is 0 Å². The Balaban J connectivity index is 2.26. The molecule has 10 heteroatoms. The second-order valence-corrected chi connectivity index (χ2v) is 9.08. The fraction of sp³-hybridized carbons (Fsp3) is 0.500. The molecule has 2 heterocycles. The number of hydrogen-bond donors (Lipinski definition) is 7. The summed E-state index contributed by atoms with van der Waals surface area (Å²) in [5.41, 5.74) is 4.39. The van der Waals surface area contributed by atoms with Gasteiger partial charge in [0.15, 0.2) is 6.29 Å². The molecule has 0 radical (unpaired) electrons. The zero-order valence-corrected chi connectivity index (χ0v) is 20.5. The molecule has 1 amide bonds. The van der Waals surface area contributed by atoms with Crippen LogP contribution < -0.4 is 11.1 Å². The van der Waals surface area contributed by atoms with Gasteiger partial charge in [0.25, 0.3) is 0 Å². The standard InChI is InChI=1S/C26H38N2O8/c1-17-15-28-21(31)13-9-10-14-26(2,34)20(36-25-22(27)24(33)19(30)16-35-25)12-8-6-4-3-5-7-11-18(29)23(17)32/h3-14,17-20,22-25,29-30,32-34H,15-16,27H2,1-2H3,(H,28,31)/b5-3-,6-4+,11-7+,12-8-,13-9+,14-10+/t17-,18-,19+,20?,22+,23+,24-,25-,26+/m1/s1. The number of carbonyl (C=O) groups excluding carboxylic acids is 1. The number of hydrogen-bond acceptors (Lipinski definition) is 9. The van der Waals surface area contributed by atoms with Crippen LogP contribution in [0.1, 0.15) is 13.8 Å². The quantitative estimate of drug-likeness (QED) is 0.257. The van der Waals surface area contributed by atoms with Crippen LogP contribution >= 0.6 is 0 Å². The van der Waals surface area contributed by atoms with E-state index >= 15 is 0 Å². The second-order valence-electron chi connectivity index (χ2n) is 9.08. The first-order valence-corrected chi connectivity index (χ1v) is 11.8. The Kier molecular flexibility index (Phi) is 11.9. The molecule has 9 atom stereocenters. The van der Waals surface area contributed by atoms with E-state index in [0.717, 1.165) is 0 Å². The smallest absolute Gasteiger partial charge is 0.243 e. The van der Waals surface area contributed by atoms with Crippen LogP contribution in [0, 0.1) is 5.92 Å². The number of allylic oxidation sites excluding steroid dienone is 8. The predicted molar refractivity (Wildman–Crippen MR) is 134 cm³/mol. The number of aliphatic hydroxyl groups excluding tert-OH is 4. The van der Waals surface area contributed by atoms with Crippen molar-refractivity contribution in [1.82, 2.24) is 5.32 Å². The van der Waals surface area contributed by atoms with Crippen molar-refractivity contribution < 1.29 is 39.8 Å². The first-order chi connectivity index (χ1) is 17.0. The highest BCUT2D eigenvalue weighted by molar-refractivity contribution is 5.87. The molecule has 8 N–H and O–H groups in total. The van der Waals surface area contributed by atoms with E-state index in [1.54, 1.807) is 49.5 Å². The molecule has 0 bridgehead atoms. The van der Waals surface area contributed by atoms with Gasteiger partial charge in [0.2, 0.25) is 5.91 Å². The van der Waals surface area contributed by atoms with Gasteiger partial charge in [0.1, 0.15) is 23.9 Å². The lowest BCUT2D eigenvalue weighted by molar-refractivity contribution is -0.251. The first-order valence-electron chi connectivity index (χ1n) is 11.8. The Labute approximate surface area is 211 Å². The van der Waals surface area contributed by atoms with Gasteiger partial charge >= 0.3 is 0 Å². The summed E-state index contributed by atoms with van der Waals surface area (Å²) in [5, 5.41) is 53.9. The van der Waals surface area contributed by atoms with Gasteiger partial charge in [-0.05, 0) is 6.92 Å². The van der Waals surface area contributed by atoms with Crippen LogP contribution in [0.5, 0.6) is 0 Å². The molecule has 0 aromatic carbocycles. The molecule has 36 heavy (non-hydrogen) atoms. The van der Waals surface area contributed by atoms with Gasteiger partial charge in [0, 0.05) is 18.5 Å². The number of ether oxygens (including phenoxy) is 2. The molecule has 0 aromatic heterocycles. The van der Waals surface area contributed by atoms with Gasteiger partial charge < -0.3 is 46.1 Å². The molecule has 1 saturated heterocycles. The topological polar surface area (TPSA) is 175 Å². The fourth-order valence-electron chi connectivity index (χ4n) is 3.45. The lowest BCUT2D eigenvalue weighted by Gasteiger charge is -2.39. The van der Waals surface area contributed by atoms with E-state index < -0.39 is 60.3 Å². The van der Waals surface area contributed by atoms with Crippen LogP contribution in [-0.2, 0) is 14.3 Å². The molecule has 2 rings (SSSR count). The summed E-state index contributed by atoms with van der Waals surface area (Å²) in [6.45, 7) is 3.19. The Bertz CT molecular complexity index is 879. The van der Waals surface area contributed by atoms with E-state index in [-0.39, 0.29) is 13.2 Å². The zero-order valence-electron chi connectivity index (χ0n) is 20.5. The lowest BCUT2D eigenvalue weighted by atomic mass is 9.96. The molecule has 0 saturated carbocycles. The Hall–Kier alpha value is -2.41. The summed E-state index contributed by atoms with van der Waals surface area (Å²) >= 11 is 0. The van der Waals surface area contributed by atoms with Crippen LogP contribution in [0.3, 0.4) is 0 Å². The van der Waals surface area contributed by atoms with Gasteiger partial charge in [-0.3, -0.25) is 4.79 Å². The third kappa shape index (κ3) is 9.23. The maximum Gasteiger partial charge on any atom is 0.243 e. The van der Waals surface area contributed by atoms with Crippen molar-refractivity contribution in [3.05, 3.63) is 72.9 Å². The van der Waals surface area contributed by atoms with E-state index in [0.29, 0.717) is 0 Å². The molecule has 2 aliphatic rings. The molecule has 1 fully saturated rings. The molecular weight excluding hydrogens is 468 g/mol. The number of amides is 1. The molecule has 200 valence electrons. The SMILES string of the molecule is C[C@@H]1CNC(=O)/C=C/C=C/[C@](C)(O)C(O[C@H]2OC[C@H](O)[C@@H](O)[C@@H]2N)\C=C/C=C/C=C\C=C\[C@@H](O)[C@H]1O. The Morgan fingerprint density at radius 3 is 2.33 bits per heavy atom. The average Bonchev–Trinajstić information content (AvgIpc) is 2.84. The number of nitrogens with one attached hydrogen (secondary N) is 1. The minimum absolute atomic E-state index is 0.151. The predicted octanol–water partition coefficient (Wildman–Crippen LogP) is -0.647. The summed E-state index contributed by atoms with van der Waals surface area (Å²) in [6.07, 6.45) is 12.1. The third-order valence-electron chi connectivity index (χ3n) is 5.86. The second kappa shape index (κ2) is 14.4. The minimum Gasteiger partial charge on any atom is -0.390 e. The zero-order chi connectivity index (χ0) is 26.7. The van der Waals surface area contributed by atoms with Crippen molar-refractivity contribution in [2.24, 2.45) is 11.7 Å². The van der Waals surface area contributed by atoms with Crippen molar-refractivity contribution in [3.63, 3.8) is 0 Å². The minimum atomic E-state index is -1.57. The van der Waals surface area contributed by atoms with E-state index in [1.807, 2.05) is 0 Å². The summed E-state index contributed by atoms with van der Waals surface area (Å²) in [6, 6.07) is -1.03. The highest BCUT2D eigenvalue weighted by atomic mass is 16.7. The van der Waals surface area contributed by atoms with Gasteiger partial charge in [-0.1, -0.05) is 73.8 Å². The molecule has 1 unspecified atom stereocenters. The van der Waals surface area contributed by atoms with Crippen LogP contribution in [0.15, 0.2) is 72.9 Å². The normalized spacial score (nSPS) is 44.5. The van der Waals surface area contributed by atoms with Crippen molar-refractivity contribution in [2.45, 2.75) is 62.3 Å². The third-order valence-corrected chi connectivity index (χ3v) is 5.86. The average molecular weight is 507 g/mol. The highest BCUT2D eigenvalue weighted by Gasteiger charge is 2.40. The Morgan fingerprint density at radius 2 is 1.64 bits per heavy atom. The number of rotatable bonds is 2. The Morgan fingerprint density at radius 1 is 1.00 bits per heavy atom.